The molecule has 0 saturated carbocycles. The molecule has 1 heterocycles. The quantitative estimate of drug-likeness (QED) is 0.823. The van der Waals surface area contributed by atoms with Gasteiger partial charge in [-0.25, -0.2) is 0 Å². The van der Waals surface area contributed by atoms with Crippen LogP contribution in [0.15, 0.2) is 24.3 Å². The summed E-state index contributed by atoms with van der Waals surface area (Å²) >= 11 is 0. The SMILES string of the molecule is COc1ccc(C2(CC(=O)O)CCC(=O)O2)cc1. The Labute approximate surface area is 104 Å². The van der Waals surface area contributed by atoms with Gasteiger partial charge in [0.1, 0.15) is 11.4 Å². The fraction of sp³-hybridized carbons (Fsp3) is 0.385. The average molecular weight is 250 g/mol. The molecule has 1 aliphatic rings. The van der Waals surface area contributed by atoms with Crippen LogP contribution in [-0.4, -0.2) is 24.2 Å². The van der Waals surface area contributed by atoms with Gasteiger partial charge in [-0.05, 0) is 17.7 Å². The van der Waals surface area contributed by atoms with Crippen molar-refractivity contribution in [3.63, 3.8) is 0 Å². The van der Waals surface area contributed by atoms with E-state index in [0.29, 0.717) is 17.7 Å². The highest BCUT2D eigenvalue weighted by atomic mass is 16.6. The van der Waals surface area contributed by atoms with Gasteiger partial charge in [0.25, 0.3) is 0 Å². The van der Waals surface area contributed by atoms with E-state index in [1.54, 1.807) is 31.4 Å². The number of carboxylic acid groups (broad SMARTS) is 1. The molecule has 1 aromatic carbocycles. The molecule has 0 amide bonds. The molecule has 0 aliphatic carbocycles. The summed E-state index contributed by atoms with van der Waals surface area (Å²) in [4.78, 5) is 22.2. The Hall–Kier alpha value is -2.04. The number of ether oxygens (including phenoxy) is 2. The lowest BCUT2D eigenvalue weighted by Gasteiger charge is -2.26. The van der Waals surface area contributed by atoms with Crippen LogP contribution in [0.4, 0.5) is 0 Å². The molecule has 0 bridgehead atoms. The minimum Gasteiger partial charge on any atom is -0.497 e. The van der Waals surface area contributed by atoms with Crippen LogP contribution < -0.4 is 4.74 Å². The lowest BCUT2D eigenvalue weighted by molar-refractivity contribution is -0.155. The smallest absolute Gasteiger partial charge is 0.307 e. The van der Waals surface area contributed by atoms with Gasteiger partial charge in [-0.1, -0.05) is 12.1 Å². The van der Waals surface area contributed by atoms with Gasteiger partial charge in [0.15, 0.2) is 0 Å². The summed E-state index contributed by atoms with van der Waals surface area (Å²) in [5, 5.41) is 8.97. The minimum absolute atomic E-state index is 0.217. The van der Waals surface area contributed by atoms with E-state index in [0.717, 1.165) is 0 Å². The Bertz CT molecular complexity index is 465. The number of carbonyl (C=O) groups is 2. The van der Waals surface area contributed by atoms with E-state index < -0.39 is 11.6 Å². The first-order valence-electron chi connectivity index (χ1n) is 5.64. The van der Waals surface area contributed by atoms with Crippen molar-refractivity contribution in [2.75, 3.05) is 7.11 Å². The maximum Gasteiger partial charge on any atom is 0.307 e. The van der Waals surface area contributed by atoms with E-state index in [4.69, 9.17) is 14.6 Å². The molecule has 1 fully saturated rings. The maximum atomic E-state index is 11.3. The second-order valence-corrected chi connectivity index (χ2v) is 4.27. The summed E-state index contributed by atoms with van der Waals surface area (Å²) in [5.41, 5.74) is -0.341. The van der Waals surface area contributed by atoms with Crippen LogP contribution in [0.2, 0.25) is 0 Å². The van der Waals surface area contributed by atoms with Gasteiger partial charge in [0, 0.05) is 12.8 Å². The van der Waals surface area contributed by atoms with E-state index in [-0.39, 0.29) is 18.8 Å². The number of carbonyl (C=O) groups excluding carboxylic acids is 1. The molecule has 1 unspecified atom stereocenters. The topological polar surface area (TPSA) is 72.8 Å². The van der Waals surface area contributed by atoms with Crippen LogP contribution in [0.1, 0.15) is 24.8 Å². The van der Waals surface area contributed by atoms with E-state index in [2.05, 4.69) is 0 Å². The number of rotatable bonds is 4. The van der Waals surface area contributed by atoms with E-state index in [1.807, 2.05) is 0 Å². The Morgan fingerprint density at radius 3 is 2.56 bits per heavy atom. The van der Waals surface area contributed by atoms with Gasteiger partial charge in [-0.3, -0.25) is 9.59 Å². The number of cyclic esters (lactones) is 1. The molecule has 0 spiro atoms. The molecule has 1 aromatic rings. The summed E-state index contributed by atoms with van der Waals surface area (Å²) < 4.78 is 10.3. The van der Waals surface area contributed by atoms with Gasteiger partial charge in [0.05, 0.1) is 13.5 Å². The van der Waals surface area contributed by atoms with E-state index >= 15 is 0 Å². The second kappa shape index (κ2) is 4.68. The number of esters is 1. The summed E-state index contributed by atoms with van der Waals surface area (Å²) in [5.74, 6) is -0.666. The summed E-state index contributed by atoms with van der Waals surface area (Å²) in [6, 6.07) is 6.93. The van der Waals surface area contributed by atoms with Crippen LogP contribution in [0.25, 0.3) is 0 Å². The lowest BCUT2D eigenvalue weighted by atomic mass is 9.87. The van der Waals surface area contributed by atoms with Gasteiger partial charge in [-0.15, -0.1) is 0 Å². The standard InChI is InChI=1S/C13H14O5/c1-17-10-4-2-9(3-5-10)13(8-11(14)15)7-6-12(16)18-13/h2-5H,6-8H2,1H3,(H,14,15). The highest BCUT2D eigenvalue weighted by Gasteiger charge is 2.43. The van der Waals surface area contributed by atoms with Crippen molar-refractivity contribution >= 4 is 11.9 Å². The number of carboxylic acids is 1. The van der Waals surface area contributed by atoms with Gasteiger partial charge in [0.2, 0.25) is 0 Å². The third kappa shape index (κ3) is 2.30. The normalized spacial score (nSPS) is 22.6. The maximum absolute atomic E-state index is 11.3. The number of aliphatic carboxylic acids is 1. The highest BCUT2D eigenvalue weighted by Crippen LogP contribution is 2.40. The molecule has 18 heavy (non-hydrogen) atoms. The Morgan fingerprint density at radius 2 is 2.11 bits per heavy atom. The second-order valence-electron chi connectivity index (χ2n) is 4.27. The van der Waals surface area contributed by atoms with E-state index in [1.165, 1.54) is 0 Å². The van der Waals surface area contributed by atoms with Crippen molar-refractivity contribution in [2.24, 2.45) is 0 Å². The number of methoxy groups -OCH3 is 1. The van der Waals surface area contributed by atoms with Crippen molar-refractivity contribution in [1.29, 1.82) is 0 Å². The molecule has 1 saturated heterocycles. The highest BCUT2D eigenvalue weighted by molar-refractivity contribution is 5.75. The van der Waals surface area contributed by atoms with Crippen LogP contribution >= 0.6 is 0 Å². The van der Waals surface area contributed by atoms with Gasteiger partial charge in [-0.2, -0.15) is 0 Å². The average Bonchev–Trinajstić information content (AvgIpc) is 2.71. The molecule has 96 valence electrons. The van der Waals surface area contributed by atoms with Crippen molar-refractivity contribution in [2.45, 2.75) is 24.9 Å². The zero-order valence-electron chi connectivity index (χ0n) is 10.0. The largest absolute Gasteiger partial charge is 0.497 e. The third-order valence-electron chi connectivity index (χ3n) is 3.10. The zero-order chi connectivity index (χ0) is 13.2. The van der Waals surface area contributed by atoms with Gasteiger partial charge >= 0.3 is 11.9 Å². The molecule has 1 N–H and O–H groups in total. The summed E-state index contributed by atoms with van der Waals surface area (Å²) in [6.45, 7) is 0. The molecular weight excluding hydrogens is 236 g/mol. The van der Waals surface area contributed by atoms with Crippen LogP contribution in [0.3, 0.4) is 0 Å². The number of hydrogen-bond donors (Lipinski definition) is 1. The van der Waals surface area contributed by atoms with Crippen molar-refractivity contribution in [3.05, 3.63) is 29.8 Å². The Kier molecular flexibility index (Phi) is 3.23. The molecule has 1 atom stereocenters. The minimum atomic E-state index is -1.03. The molecule has 2 rings (SSSR count). The predicted octanol–water partition coefficient (Wildman–Crippen LogP) is 1.70. The first kappa shape index (κ1) is 12.4. The Morgan fingerprint density at radius 1 is 1.44 bits per heavy atom. The zero-order valence-corrected chi connectivity index (χ0v) is 10.0. The molecule has 0 aromatic heterocycles. The Balaban J connectivity index is 2.33. The van der Waals surface area contributed by atoms with Crippen molar-refractivity contribution < 1.29 is 24.2 Å². The molecular formula is C13H14O5. The predicted molar refractivity (Wildman–Crippen MR) is 62.3 cm³/mol. The van der Waals surface area contributed by atoms with Crippen molar-refractivity contribution in [3.8, 4) is 5.75 Å². The first-order valence-corrected chi connectivity index (χ1v) is 5.64. The van der Waals surface area contributed by atoms with Crippen LogP contribution in [-0.2, 0) is 19.9 Å². The molecule has 1 aliphatic heterocycles. The summed E-state index contributed by atoms with van der Waals surface area (Å²) in [7, 11) is 1.55. The monoisotopic (exact) mass is 250 g/mol. The van der Waals surface area contributed by atoms with Crippen molar-refractivity contribution in [1.82, 2.24) is 0 Å². The number of hydrogen-bond acceptors (Lipinski definition) is 4. The third-order valence-corrected chi connectivity index (χ3v) is 3.10. The molecule has 5 nitrogen and oxygen atoms in total. The molecule has 5 heteroatoms. The fourth-order valence-electron chi connectivity index (χ4n) is 2.19. The van der Waals surface area contributed by atoms with Crippen LogP contribution in [0, 0.1) is 0 Å². The summed E-state index contributed by atoms with van der Waals surface area (Å²) in [6.07, 6.45) is 0.425. The molecule has 0 radical (unpaired) electrons. The lowest BCUT2D eigenvalue weighted by Crippen LogP contribution is -2.28. The fourth-order valence-corrected chi connectivity index (χ4v) is 2.19. The van der Waals surface area contributed by atoms with E-state index in [9.17, 15) is 9.59 Å². The first-order chi connectivity index (χ1) is 8.55. The number of benzene rings is 1. The van der Waals surface area contributed by atoms with Gasteiger partial charge < -0.3 is 14.6 Å². The van der Waals surface area contributed by atoms with Crippen LogP contribution in [0.5, 0.6) is 5.75 Å².